The lowest BCUT2D eigenvalue weighted by atomic mass is 9.92. The summed E-state index contributed by atoms with van der Waals surface area (Å²) in [6.07, 6.45) is 4.49. The molecule has 6 nitrogen and oxygen atoms in total. The summed E-state index contributed by atoms with van der Waals surface area (Å²) in [7, 11) is 0. The first-order valence-electron chi connectivity index (χ1n) is 7.68. The van der Waals surface area contributed by atoms with Crippen LogP contribution in [0.15, 0.2) is 42.7 Å². The summed E-state index contributed by atoms with van der Waals surface area (Å²) in [6, 6.07) is 8.78. The highest BCUT2D eigenvalue weighted by molar-refractivity contribution is 5.82. The first-order chi connectivity index (χ1) is 10.9. The van der Waals surface area contributed by atoms with Crippen molar-refractivity contribution >= 4 is 5.91 Å². The molecular formula is C17H24N4O2. The van der Waals surface area contributed by atoms with Gasteiger partial charge in [0, 0.05) is 12.4 Å². The molecule has 0 aliphatic heterocycles. The van der Waals surface area contributed by atoms with Crippen molar-refractivity contribution in [3.63, 3.8) is 0 Å². The molecule has 1 unspecified atom stereocenters. The van der Waals surface area contributed by atoms with E-state index in [-0.39, 0.29) is 5.41 Å². The molecule has 2 rings (SSSR count). The van der Waals surface area contributed by atoms with Gasteiger partial charge < -0.3 is 5.32 Å². The number of benzene rings is 1. The number of carbonyl (C=O) groups excluding carboxylic acids is 1. The topological polar surface area (TPSA) is 79.2 Å². The third kappa shape index (κ3) is 4.91. The van der Waals surface area contributed by atoms with E-state index in [1.807, 2.05) is 36.5 Å². The Labute approximate surface area is 136 Å². The van der Waals surface area contributed by atoms with Crippen LogP contribution in [0.5, 0.6) is 0 Å². The predicted molar refractivity (Wildman–Crippen MR) is 88.3 cm³/mol. The van der Waals surface area contributed by atoms with E-state index in [4.69, 9.17) is 5.21 Å². The molecule has 124 valence electrons. The third-order valence-corrected chi connectivity index (χ3v) is 3.59. The molecule has 0 fully saturated rings. The third-order valence-electron chi connectivity index (χ3n) is 3.59. The quantitative estimate of drug-likeness (QED) is 0.565. The minimum atomic E-state index is -0.589. The molecule has 0 aliphatic carbocycles. The van der Waals surface area contributed by atoms with Crippen LogP contribution >= 0.6 is 0 Å². The molecule has 0 bridgehead atoms. The Bertz CT molecular complexity index is 615. The standard InChI is InChI=1S/C17H24N4O2/c1-17(2,3)9-11-18-15(16(22)20-23)13-5-7-14(8-6-13)21-12-4-10-19-21/h4-8,10,12,15,18,23H,9,11H2,1-3H3,(H,20,22). The van der Waals surface area contributed by atoms with Crippen LogP contribution in [-0.4, -0.2) is 27.4 Å². The number of hydrogen-bond donors (Lipinski definition) is 3. The minimum Gasteiger partial charge on any atom is -0.302 e. The van der Waals surface area contributed by atoms with E-state index in [1.54, 1.807) is 16.4 Å². The van der Waals surface area contributed by atoms with Gasteiger partial charge in [-0.1, -0.05) is 32.9 Å². The molecule has 6 heteroatoms. The maximum atomic E-state index is 11.9. The number of hydroxylamine groups is 1. The van der Waals surface area contributed by atoms with Gasteiger partial charge in [0.05, 0.1) is 5.69 Å². The van der Waals surface area contributed by atoms with E-state index >= 15 is 0 Å². The molecule has 3 N–H and O–H groups in total. The van der Waals surface area contributed by atoms with Crippen molar-refractivity contribution in [3.8, 4) is 5.69 Å². The minimum absolute atomic E-state index is 0.178. The molecular weight excluding hydrogens is 292 g/mol. The summed E-state index contributed by atoms with van der Waals surface area (Å²) in [5.41, 5.74) is 3.62. The lowest BCUT2D eigenvalue weighted by Gasteiger charge is -2.22. The van der Waals surface area contributed by atoms with Gasteiger partial charge in [0.2, 0.25) is 0 Å². The summed E-state index contributed by atoms with van der Waals surface area (Å²) in [5.74, 6) is -0.467. The van der Waals surface area contributed by atoms with Crippen LogP contribution in [0.4, 0.5) is 0 Å². The van der Waals surface area contributed by atoms with E-state index in [1.165, 1.54) is 0 Å². The number of hydrogen-bond acceptors (Lipinski definition) is 4. The Morgan fingerprint density at radius 2 is 2.00 bits per heavy atom. The first-order valence-corrected chi connectivity index (χ1v) is 7.68. The highest BCUT2D eigenvalue weighted by Crippen LogP contribution is 2.20. The van der Waals surface area contributed by atoms with Crippen molar-refractivity contribution in [2.45, 2.75) is 33.2 Å². The highest BCUT2D eigenvalue weighted by atomic mass is 16.5. The van der Waals surface area contributed by atoms with E-state index in [9.17, 15) is 4.79 Å². The SMILES string of the molecule is CC(C)(C)CCNC(C(=O)NO)c1ccc(-n2cccn2)cc1. The maximum Gasteiger partial charge on any atom is 0.265 e. The van der Waals surface area contributed by atoms with Crippen molar-refractivity contribution in [3.05, 3.63) is 48.3 Å². The molecule has 0 spiro atoms. The lowest BCUT2D eigenvalue weighted by Crippen LogP contribution is -2.37. The monoisotopic (exact) mass is 316 g/mol. The number of aromatic nitrogens is 2. The molecule has 1 atom stereocenters. The Balaban J connectivity index is 2.10. The van der Waals surface area contributed by atoms with Crippen LogP contribution in [0.25, 0.3) is 5.69 Å². The molecule has 0 aliphatic rings. The number of amides is 1. The molecule has 1 aromatic heterocycles. The zero-order chi connectivity index (χ0) is 16.9. The van der Waals surface area contributed by atoms with Crippen molar-refractivity contribution in [2.24, 2.45) is 5.41 Å². The van der Waals surface area contributed by atoms with Crippen LogP contribution < -0.4 is 10.8 Å². The molecule has 1 heterocycles. The molecule has 2 aromatic rings. The molecule has 0 saturated heterocycles. The van der Waals surface area contributed by atoms with Crippen LogP contribution in [0.3, 0.4) is 0 Å². The zero-order valence-electron chi connectivity index (χ0n) is 13.8. The second-order valence-electron chi connectivity index (χ2n) is 6.72. The summed E-state index contributed by atoms with van der Waals surface area (Å²) in [5, 5.41) is 16.4. The van der Waals surface area contributed by atoms with E-state index in [0.29, 0.717) is 6.54 Å². The van der Waals surface area contributed by atoms with Crippen LogP contribution in [-0.2, 0) is 4.79 Å². The fourth-order valence-electron chi connectivity index (χ4n) is 2.26. The largest absolute Gasteiger partial charge is 0.302 e. The lowest BCUT2D eigenvalue weighted by molar-refractivity contribution is -0.131. The summed E-state index contributed by atoms with van der Waals surface area (Å²) in [4.78, 5) is 11.9. The fraction of sp³-hybridized carbons (Fsp3) is 0.412. The molecule has 1 aromatic carbocycles. The normalized spacial score (nSPS) is 12.9. The van der Waals surface area contributed by atoms with Gasteiger partial charge in [-0.15, -0.1) is 0 Å². The molecule has 0 radical (unpaired) electrons. The number of nitrogens with zero attached hydrogens (tertiary/aromatic N) is 2. The van der Waals surface area contributed by atoms with Crippen LogP contribution in [0.1, 0.15) is 38.8 Å². The highest BCUT2D eigenvalue weighted by Gasteiger charge is 2.20. The van der Waals surface area contributed by atoms with Crippen molar-refractivity contribution in [1.29, 1.82) is 0 Å². The summed E-state index contributed by atoms with van der Waals surface area (Å²) in [6.45, 7) is 7.13. The maximum absolute atomic E-state index is 11.9. The van der Waals surface area contributed by atoms with Crippen molar-refractivity contribution in [2.75, 3.05) is 6.54 Å². The Morgan fingerprint density at radius 3 is 2.52 bits per heavy atom. The van der Waals surface area contributed by atoms with Crippen LogP contribution in [0, 0.1) is 5.41 Å². The van der Waals surface area contributed by atoms with Gasteiger partial charge in [0.25, 0.3) is 5.91 Å². The Hall–Kier alpha value is -2.18. The van der Waals surface area contributed by atoms with Gasteiger partial charge in [0.15, 0.2) is 0 Å². The summed E-state index contributed by atoms with van der Waals surface area (Å²) < 4.78 is 1.75. The number of nitrogens with one attached hydrogen (secondary N) is 2. The van der Waals surface area contributed by atoms with E-state index in [0.717, 1.165) is 17.7 Å². The van der Waals surface area contributed by atoms with E-state index in [2.05, 4.69) is 31.2 Å². The number of rotatable bonds is 6. The zero-order valence-corrected chi connectivity index (χ0v) is 13.8. The Kier molecular flexibility index (Phi) is 5.52. The molecule has 23 heavy (non-hydrogen) atoms. The smallest absolute Gasteiger partial charge is 0.265 e. The van der Waals surface area contributed by atoms with Gasteiger partial charge in [-0.2, -0.15) is 5.10 Å². The molecule has 1 amide bonds. The second-order valence-corrected chi connectivity index (χ2v) is 6.72. The first kappa shape index (κ1) is 17.2. The van der Waals surface area contributed by atoms with Gasteiger partial charge in [-0.05, 0) is 42.1 Å². The number of carbonyl (C=O) groups is 1. The van der Waals surface area contributed by atoms with Gasteiger partial charge in [-0.25, -0.2) is 10.2 Å². The summed E-state index contributed by atoms with van der Waals surface area (Å²) >= 11 is 0. The average molecular weight is 316 g/mol. The average Bonchev–Trinajstić information content (AvgIpc) is 3.04. The van der Waals surface area contributed by atoms with Gasteiger partial charge >= 0.3 is 0 Å². The molecule has 0 saturated carbocycles. The second kappa shape index (κ2) is 7.39. The Morgan fingerprint density at radius 1 is 1.30 bits per heavy atom. The van der Waals surface area contributed by atoms with Gasteiger partial charge in [0.1, 0.15) is 6.04 Å². The van der Waals surface area contributed by atoms with E-state index < -0.39 is 11.9 Å². The fourth-order valence-corrected chi connectivity index (χ4v) is 2.26. The van der Waals surface area contributed by atoms with Gasteiger partial charge in [-0.3, -0.25) is 10.0 Å². The van der Waals surface area contributed by atoms with Crippen LogP contribution in [0.2, 0.25) is 0 Å². The predicted octanol–water partition coefficient (Wildman–Crippen LogP) is 2.44. The van der Waals surface area contributed by atoms with Crippen molar-refractivity contribution in [1.82, 2.24) is 20.6 Å². The van der Waals surface area contributed by atoms with Crippen molar-refractivity contribution < 1.29 is 10.0 Å².